The maximum atomic E-state index is 11.4. The summed E-state index contributed by atoms with van der Waals surface area (Å²) in [6, 6.07) is 1.96. The minimum atomic E-state index is -2.86. The van der Waals surface area contributed by atoms with Crippen LogP contribution in [0.5, 0.6) is 0 Å². The Hall–Kier alpha value is 0.900. The van der Waals surface area contributed by atoms with Crippen LogP contribution in [0.1, 0.15) is 16.7 Å². The van der Waals surface area contributed by atoms with Crippen molar-refractivity contribution >= 4 is 64.6 Å². The summed E-state index contributed by atoms with van der Waals surface area (Å²) in [7, 11) is -2.86. The molecule has 2 heterocycles. The van der Waals surface area contributed by atoms with Crippen LogP contribution in [0, 0.1) is 5.92 Å². The second-order valence-electron chi connectivity index (χ2n) is 3.84. The van der Waals surface area contributed by atoms with E-state index in [0.717, 1.165) is 13.1 Å². The molecular formula is C9H9Br2ClO2S2. The molecule has 0 radical (unpaired) electrons. The minimum absolute atomic E-state index is 0.0455. The molecule has 0 amide bonds. The van der Waals surface area contributed by atoms with Gasteiger partial charge in [-0.3, -0.25) is 0 Å². The first-order valence-electron chi connectivity index (χ1n) is 4.68. The molecule has 1 saturated heterocycles. The quantitative estimate of drug-likeness (QED) is 0.694. The largest absolute Gasteiger partial charge is 0.229 e. The standard InChI is InChI=1S/C9H9Br2ClO2S2/c10-6-3-7(15-9(6)11)8(12)5-1-2-16(13,14)4-5/h3,5,8H,1-2,4H2. The van der Waals surface area contributed by atoms with Crippen LogP contribution >= 0.6 is 54.8 Å². The zero-order chi connectivity index (χ0) is 11.9. The highest BCUT2D eigenvalue weighted by atomic mass is 79.9. The molecule has 90 valence electrons. The SMILES string of the molecule is O=S1(=O)CCC(C(Cl)c2cc(Br)c(Br)s2)C1. The van der Waals surface area contributed by atoms with Gasteiger partial charge in [-0.05, 0) is 50.3 Å². The molecule has 2 rings (SSSR count). The number of alkyl halides is 1. The molecule has 2 nitrogen and oxygen atoms in total. The molecule has 2 atom stereocenters. The molecule has 1 aliphatic heterocycles. The van der Waals surface area contributed by atoms with Gasteiger partial charge >= 0.3 is 0 Å². The predicted octanol–water partition coefficient (Wildman–Crippen LogP) is 3.99. The minimum Gasteiger partial charge on any atom is -0.229 e. The lowest BCUT2D eigenvalue weighted by atomic mass is 10.0. The fourth-order valence-corrected chi connectivity index (χ4v) is 6.30. The average Bonchev–Trinajstić information content (AvgIpc) is 2.70. The van der Waals surface area contributed by atoms with Gasteiger partial charge in [-0.1, -0.05) is 0 Å². The van der Waals surface area contributed by atoms with Gasteiger partial charge in [0.15, 0.2) is 9.84 Å². The lowest BCUT2D eigenvalue weighted by molar-refractivity contribution is 0.573. The normalized spacial score (nSPS) is 25.8. The van der Waals surface area contributed by atoms with Gasteiger partial charge in [-0.15, -0.1) is 22.9 Å². The van der Waals surface area contributed by atoms with Crippen molar-refractivity contribution < 1.29 is 8.42 Å². The molecule has 7 heteroatoms. The Morgan fingerprint density at radius 3 is 2.62 bits per heavy atom. The van der Waals surface area contributed by atoms with Crippen molar-refractivity contribution in [2.45, 2.75) is 11.8 Å². The van der Waals surface area contributed by atoms with Crippen molar-refractivity contribution in [3.05, 3.63) is 19.2 Å². The number of sulfone groups is 1. The molecule has 16 heavy (non-hydrogen) atoms. The van der Waals surface area contributed by atoms with E-state index in [2.05, 4.69) is 31.9 Å². The highest BCUT2D eigenvalue weighted by molar-refractivity contribution is 9.13. The molecule has 2 unspecified atom stereocenters. The summed E-state index contributed by atoms with van der Waals surface area (Å²) in [6.07, 6.45) is 0.670. The fourth-order valence-electron chi connectivity index (χ4n) is 1.79. The third kappa shape index (κ3) is 2.83. The van der Waals surface area contributed by atoms with Gasteiger partial charge in [0.25, 0.3) is 0 Å². The highest BCUT2D eigenvalue weighted by Crippen LogP contribution is 2.43. The second-order valence-corrected chi connectivity index (χ2v) is 9.79. The van der Waals surface area contributed by atoms with E-state index < -0.39 is 9.84 Å². The Labute approximate surface area is 121 Å². The van der Waals surface area contributed by atoms with Gasteiger partial charge in [-0.25, -0.2) is 8.42 Å². The van der Waals surface area contributed by atoms with Crippen LogP contribution in [0.15, 0.2) is 14.3 Å². The molecule has 1 aromatic heterocycles. The van der Waals surface area contributed by atoms with E-state index in [4.69, 9.17) is 11.6 Å². The molecule has 1 aliphatic rings. The van der Waals surface area contributed by atoms with Crippen LogP contribution in [-0.2, 0) is 9.84 Å². The van der Waals surface area contributed by atoms with E-state index in [0.29, 0.717) is 6.42 Å². The van der Waals surface area contributed by atoms with Gasteiger partial charge in [0, 0.05) is 9.35 Å². The second kappa shape index (κ2) is 4.88. The van der Waals surface area contributed by atoms with Crippen LogP contribution in [0.4, 0.5) is 0 Å². The van der Waals surface area contributed by atoms with E-state index in [9.17, 15) is 8.42 Å². The van der Waals surface area contributed by atoms with E-state index in [-0.39, 0.29) is 22.8 Å². The van der Waals surface area contributed by atoms with Gasteiger partial charge < -0.3 is 0 Å². The molecule has 0 N–H and O–H groups in total. The van der Waals surface area contributed by atoms with E-state index in [1.165, 1.54) is 0 Å². The Bertz CT molecular complexity index is 478. The van der Waals surface area contributed by atoms with Crippen molar-refractivity contribution in [2.24, 2.45) is 5.92 Å². The zero-order valence-electron chi connectivity index (χ0n) is 8.12. The van der Waals surface area contributed by atoms with Crippen molar-refractivity contribution in [3.8, 4) is 0 Å². The van der Waals surface area contributed by atoms with Crippen molar-refractivity contribution in [3.63, 3.8) is 0 Å². The zero-order valence-corrected chi connectivity index (χ0v) is 13.7. The van der Waals surface area contributed by atoms with E-state index >= 15 is 0 Å². The van der Waals surface area contributed by atoms with E-state index in [1.807, 2.05) is 6.07 Å². The Morgan fingerprint density at radius 1 is 1.50 bits per heavy atom. The third-order valence-electron chi connectivity index (χ3n) is 2.62. The maximum absolute atomic E-state index is 11.4. The summed E-state index contributed by atoms with van der Waals surface area (Å²) in [5.41, 5.74) is 0. The molecule has 1 aromatic rings. The number of halogens is 3. The molecule has 1 fully saturated rings. The van der Waals surface area contributed by atoms with Crippen LogP contribution in [0.3, 0.4) is 0 Å². The molecule has 0 aromatic carbocycles. The Morgan fingerprint density at radius 2 is 2.19 bits per heavy atom. The maximum Gasteiger partial charge on any atom is 0.150 e. The molecule has 0 spiro atoms. The first-order valence-corrected chi connectivity index (χ1v) is 9.34. The summed E-state index contributed by atoms with van der Waals surface area (Å²) in [6.45, 7) is 0. The highest BCUT2D eigenvalue weighted by Gasteiger charge is 2.34. The summed E-state index contributed by atoms with van der Waals surface area (Å²) in [5, 5.41) is -0.204. The van der Waals surface area contributed by atoms with Crippen LogP contribution in [-0.4, -0.2) is 19.9 Å². The van der Waals surface area contributed by atoms with Crippen molar-refractivity contribution in [1.29, 1.82) is 0 Å². The van der Waals surface area contributed by atoms with E-state index in [1.54, 1.807) is 11.3 Å². The lowest BCUT2D eigenvalue weighted by Gasteiger charge is -2.13. The molecule has 0 aliphatic carbocycles. The summed E-state index contributed by atoms with van der Waals surface area (Å²) >= 11 is 14.7. The number of hydrogen-bond donors (Lipinski definition) is 0. The summed E-state index contributed by atoms with van der Waals surface area (Å²) in [4.78, 5) is 1.02. The predicted molar refractivity (Wildman–Crippen MR) is 75.1 cm³/mol. The van der Waals surface area contributed by atoms with Gasteiger partial charge in [-0.2, -0.15) is 0 Å². The molecular weight excluding hydrogens is 399 g/mol. The van der Waals surface area contributed by atoms with Gasteiger partial charge in [0.05, 0.1) is 20.7 Å². The summed E-state index contributed by atoms with van der Waals surface area (Å²) in [5.74, 6) is 0.534. The monoisotopic (exact) mass is 406 g/mol. The number of hydrogen-bond acceptors (Lipinski definition) is 3. The van der Waals surface area contributed by atoms with Gasteiger partial charge in [0.1, 0.15) is 0 Å². The average molecular weight is 409 g/mol. The van der Waals surface area contributed by atoms with Crippen LogP contribution < -0.4 is 0 Å². The van der Waals surface area contributed by atoms with Crippen molar-refractivity contribution in [2.75, 3.05) is 11.5 Å². The van der Waals surface area contributed by atoms with Crippen LogP contribution in [0.25, 0.3) is 0 Å². The molecule has 0 saturated carbocycles. The first kappa shape index (κ1) is 13.3. The number of rotatable bonds is 2. The lowest BCUT2D eigenvalue weighted by Crippen LogP contribution is -2.09. The Kier molecular flexibility index (Phi) is 4.07. The van der Waals surface area contributed by atoms with Crippen LogP contribution in [0.2, 0.25) is 0 Å². The number of thiophene rings is 1. The molecule has 0 bridgehead atoms. The topological polar surface area (TPSA) is 34.1 Å². The van der Waals surface area contributed by atoms with Gasteiger partial charge in [0.2, 0.25) is 0 Å². The third-order valence-corrected chi connectivity index (χ3v) is 8.47. The first-order chi connectivity index (χ1) is 7.39. The van der Waals surface area contributed by atoms with Crippen molar-refractivity contribution in [1.82, 2.24) is 0 Å². The Balaban J connectivity index is 2.17. The fraction of sp³-hybridized carbons (Fsp3) is 0.556. The summed E-state index contributed by atoms with van der Waals surface area (Å²) < 4.78 is 24.7. The smallest absolute Gasteiger partial charge is 0.150 e.